The summed E-state index contributed by atoms with van der Waals surface area (Å²) in [5.41, 5.74) is 10.9. The Hall–Kier alpha value is -4.12. The second-order valence-electron chi connectivity index (χ2n) is 13.5. The van der Waals surface area contributed by atoms with Crippen molar-refractivity contribution >= 4 is 29.6 Å². The first-order chi connectivity index (χ1) is 21.1. The van der Waals surface area contributed by atoms with Gasteiger partial charge in [0.05, 0.1) is 22.3 Å². The normalized spacial score (nSPS) is 18.0. The van der Waals surface area contributed by atoms with Crippen molar-refractivity contribution in [1.82, 2.24) is 0 Å². The molecule has 2 heterocycles. The lowest BCUT2D eigenvalue weighted by atomic mass is 9.65. The van der Waals surface area contributed by atoms with Crippen LogP contribution < -0.4 is 10.4 Å². The van der Waals surface area contributed by atoms with Crippen molar-refractivity contribution in [3.05, 3.63) is 155 Å². The highest BCUT2D eigenvalue weighted by Crippen LogP contribution is 2.53. The average Bonchev–Trinajstić information content (AvgIpc) is 3.16. The van der Waals surface area contributed by atoms with Gasteiger partial charge in [0.2, 0.25) is 0 Å². The van der Waals surface area contributed by atoms with Gasteiger partial charge in [-0.3, -0.25) is 0 Å². The number of rotatable bonds is 4. The average molecular weight is 578 g/mol. The van der Waals surface area contributed by atoms with Crippen LogP contribution in [0.2, 0.25) is 0 Å². The van der Waals surface area contributed by atoms with Gasteiger partial charge in [-0.05, 0) is 99.9 Å². The Morgan fingerprint density at radius 3 is 1.73 bits per heavy atom. The highest BCUT2D eigenvalue weighted by Gasteiger charge is 2.52. The summed E-state index contributed by atoms with van der Waals surface area (Å²) in [7, 11) is -0.436. The van der Waals surface area contributed by atoms with Crippen LogP contribution in [0.15, 0.2) is 121 Å². The third kappa shape index (κ3) is 4.60. The summed E-state index contributed by atoms with van der Waals surface area (Å²) in [5.74, 6) is 0. The Labute approximate surface area is 262 Å². The lowest BCUT2D eigenvalue weighted by Gasteiger charge is -2.37. The number of hydrogen-bond donors (Lipinski definition) is 0. The summed E-state index contributed by atoms with van der Waals surface area (Å²) in [6.45, 7) is 12.8. The molecule has 0 radical (unpaired) electrons. The maximum Gasteiger partial charge on any atom is 0.494 e. The van der Waals surface area contributed by atoms with Gasteiger partial charge >= 0.3 is 7.12 Å². The molecular formula is C40H40BNO2. The molecule has 5 aromatic rings. The van der Waals surface area contributed by atoms with Crippen LogP contribution in [-0.2, 0) is 21.1 Å². The van der Waals surface area contributed by atoms with E-state index in [2.05, 4.69) is 168 Å². The van der Waals surface area contributed by atoms with Crippen molar-refractivity contribution in [2.75, 3.05) is 4.90 Å². The smallest absolute Gasteiger partial charge is 0.399 e. The van der Waals surface area contributed by atoms with Crippen molar-refractivity contribution in [2.24, 2.45) is 0 Å². The molecule has 44 heavy (non-hydrogen) atoms. The van der Waals surface area contributed by atoms with Gasteiger partial charge in [-0.1, -0.05) is 108 Å². The maximum atomic E-state index is 6.56. The zero-order valence-corrected chi connectivity index (χ0v) is 26.6. The van der Waals surface area contributed by atoms with Crippen molar-refractivity contribution in [3.8, 4) is 0 Å². The van der Waals surface area contributed by atoms with Gasteiger partial charge in [0, 0.05) is 11.4 Å². The van der Waals surface area contributed by atoms with E-state index in [-0.39, 0.29) is 0 Å². The van der Waals surface area contributed by atoms with Crippen LogP contribution in [0.5, 0.6) is 0 Å². The van der Waals surface area contributed by atoms with Gasteiger partial charge in [-0.25, -0.2) is 0 Å². The molecular weight excluding hydrogens is 537 g/mol. The number of anilines is 3. The summed E-state index contributed by atoms with van der Waals surface area (Å²) in [4.78, 5) is 2.43. The SMILES string of the molecule is Cc1ccc(C2(c3ccc(C)cc3)Cc3cc(B4OC(C)(C)C(C)(C)O4)ccc3N(c3ccccc3)c3ccccc32)cc1. The predicted octanol–water partition coefficient (Wildman–Crippen LogP) is 8.96. The number of aryl methyl sites for hydroxylation is 2. The van der Waals surface area contributed by atoms with E-state index in [0.29, 0.717) is 0 Å². The van der Waals surface area contributed by atoms with Gasteiger partial charge in [0.1, 0.15) is 0 Å². The Bertz CT molecular complexity index is 1750. The number of fused-ring (bicyclic) bond motifs is 2. The van der Waals surface area contributed by atoms with Gasteiger partial charge in [0.25, 0.3) is 0 Å². The molecule has 5 aromatic carbocycles. The molecule has 0 N–H and O–H groups in total. The molecule has 1 saturated heterocycles. The molecule has 2 aliphatic rings. The van der Waals surface area contributed by atoms with E-state index < -0.39 is 23.7 Å². The fraction of sp³-hybridized carbons (Fsp3) is 0.250. The first-order valence-corrected chi connectivity index (χ1v) is 15.7. The molecule has 3 nitrogen and oxygen atoms in total. The summed E-state index contributed by atoms with van der Waals surface area (Å²) in [5, 5.41) is 0. The molecule has 220 valence electrons. The Morgan fingerprint density at radius 2 is 1.14 bits per heavy atom. The standard InChI is InChI=1S/C40H40BNO2/c1-28-16-20-31(21-17-28)40(32-22-18-29(2)19-23-32)27-30-26-33(41-43-38(3,4)39(5,6)44-41)24-25-36(30)42(34-12-8-7-9-13-34)37-15-11-10-14-35(37)40/h7-26H,27H2,1-6H3. The van der Waals surface area contributed by atoms with Gasteiger partial charge in [0.15, 0.2) is 0 Å². The van der Waals surface area contributed by atoms with Crippen molar-refractivity contribution in [3.63, 3.8) is 0 Å². The van der Waals surface area contributed by atoms with E-state index in [0.717, 1.165) is 17.6 Å². The third-order valence-corrected chi connectivity index (χ3v) is 10.0. The minimum absolute atomic E-state index is 0.412. The molecule has 0 aromatic heterocycles. The summed E-state index contributed by atoms with van der Waals surface area (Å²) >= 11 is 0. The second-order valence-corrected chi connectivity index (χ2v) is 13.5. The molecule has 0 amide bonds. The summed E-state index contributed by atoms with van der Waals surface area (Å²) < 4.78 is 13.1. The van der Waals surface area contributed by atoms with Crippen LogP contribution in [0.25, 0.3) is 0 Å². The fourth-order valence-electron chi connectivity index (χ4n) is 6.84. The van der Waals surface area contributed by atoms with E-state index >= 15 is 0 Å². The van der Waals surface area contributed by atoms with E-state index in [4.69, 9.17) is 9.31 Å². The zero-order valence-electron chi connectivity index (χ0n) is 26.6. The third-order valence-electron chi connectivity index (χ3n) is 10.0. The van der Waals surface area contributed by atoms with Crippen molar-refractivity contribution in [2.45, 2.75) is 64.6 Å². The Kier molecular flexibility index (Phi) is 6.84. The topological polar surface area (TPSA) is 21.7 Å². The maximum absolute atomic E-state index is 6.56. The van der Waals surface area contributed by atoms with Crippen molar-refractivity contribution in [1.29, 1.82) is 0 Å². The second kappa shape index (κ2) is 10.5. The molecule has 0 spiro atoms. The first kappa shape index (κ1) is 28.6. The summed E-state index contributed by atoms with van der Waals surface area (Å²) in [6, 6.07) is 44.7. The Morgan fingerprint density at radius 1 is 0.591 bits per heavy atom. The van der Waals surface area contributed by atoms with E-state index in [9.17, 15) is 0 Å². The number of nitrogens with zero attached hydrogens (tertiary/aromatic N) is 1. The minimum Gasteiger partial charge on any atom is -0.399 e. The van der Waals surface area contributed by atoms with Crippen LogP contribution in [0.4, 0.5) is 17.1 Å². The van der Waals surface area contributed by atoms with E-state index in [1.54, 1.807) is 0 Å². The largest absolute Gasteiger partial charge is 0.494 e. The lowest BCUT2D eigenvalue weighted by Crippen LogP contribution is -2.41. The zero-order chi connectivity index (χ0) is 30.7. The number of para-hydroxylation sites is 2. The van der Waals surface area contributed by atoms with Crippen LogP contribution in [0, 0.1) is 13.8 Å². The monoisotopic (exact) mass is 577 g/mol. The van der Waals surface area contributed by atoms with Crippen LogP contribution in [0.3, 0.4) is 0 Å². The van der Waals surface area contributed by atoms with Crippen molar-refractivity contribution < 1.29 is 9.31 Å². The highest BCUT2D eigenvalue weighted by atomic mass is 16.7. The molecule has 7 rings (SSSR count). The van der Waals surface area contributed by atoms with Gasteiger partial charge < -0.3 is 14.2 Å². The molecule has 0 saturated carbocycles. The lowest BCUT2D eigenvalue weighted by molar-refractivity contribution is 0.00578. The molecule has 2 aliphatic heterocycles. The van der Waals surface area contributed by atoms with Crippen LogP contribution >= 0.6 is 0 Å². The predicted molar refractivity (Wildman–Crippen MR) is 183 cm³/mol. The summed E-state index contributed by atoms with van der Waals surface area (Å²) in [6.07, 6.45) is 0.780. The molecule has 0 unspecified atom stereocenters. The van der Waals surface area contributed by atoms with Crippen LogP contribution in [-0.4, -0.2) is 18.3 Å². The minimum atomic E-state index is -0.440. The molecule has 0 atom stereocenters. The molecule has 4 heteroatoms. The number of benzene rings is 5. The highest BCUT2D eigenvalue weighted by molar-refractivity contribution is 6.62. The van der Waals surface area contributed by atoms with E-state index in [1.807, 2.05) is 0 Å². The molecule has 0 aliphatic carbocycles. The van der Waals surface area contributed by atoms with Gasteiger partial charge in [-0.15, -0.1) is 0 Å². The van der Waals surface area contributed by atoms with Crippen LogP contribution in [0.1, 0.15) is 61.1 Å². The fourth-order valence-corrected chi connectivity index (χ4v) is 6.84. The van der Waals surface area contributed by atoms with Gasteiger partial charge in [-0.2, -0.15) is 0 Å². The molecule has 1 fully saturated rings. The van der Waals surface area contributed by atoms with E-state index in [1.165, 1.54) is 44.8 Å². The Balaban J connectivity index is 1.53. The molecule has 0 bridgehead atoms. The number of hydrogen-bond acceptors (Lipinski definition) is 3. The first-order valence-electron chi connectivity index (χ1n) is 15.7. The quantitative estimate of drug-likeness (QED) is 0.199.